The minimum Gasteiger partial charge on any atom is -0.368 e. The molecular weight excluding hydrogens is 292 g/mol. The molecule has 0 aliphatic carbocycles. The number of carbonyl (C=O) groups excluding carboxylic acids is 1. The summed E-state index contributed by atoms with van der Waals surface area (Å²) in [6.07, 6.45) is 7.90. The fourth-order valence-corrected chi connectivity index (χ4v) is 3.46. The number of hydrogen-bond donors (Lipinski definition) is 1. The monoisotopic (exact) mass is 318 g/mol. The quantitative estimate of drug-likeness (QED) is 0.916. The number of rotatable bonds is 4. The number of nitrogens with zero attached hydrogens (tertiary/aromatic N) is 3. The van der Waals surface area contributed by atoms with Crippen LogP contribution >= 0.6 is 0 Å². The van der Waals surface area contributed by atoms with Gasteiger partial charge in [-0.2, -0.15) is 0 Å². The van der Waals surface area contributed by atoms with Crippen molar-refractivity contribution in [2.45, 2.75) is 51.2 Å². The number of carbonyl (C=O) groups is 1. The van der Waals surface area contributed by atoms with Gasteiger partial charge in [0, 0.05) is 37.9 Å². The van der Waals surface area contributed by atoms with Gasteiger partial charge in [0.25, 0.3) is 0 Å². The first-order valence-corrected chi connectivity index (χ1v) is 8.55. The molecule has 0 radical (unpaired) electrons. The van der Waals surface area contributed by atoms with Crippen LogP contribution in [0.3, 0.4) is 0 Å². The molecule has 2 saturated heterocycles. The van der Waals surface area contributed by atoms with Crippen LogP contribution in [0.15, 0.2) is 18.5 Å². The largest absolute Gasteiger partial charge is 0.368 e. The van der Waals surface area contributed by atoms with Gasteiger partial charge in [-0.15, -0.1) is 0 Å². The topological polar surface area (TPSA) is 67.4 Å². The van der Waals surface area contributed by atoms with Crippen LogP contribution in [0.25, 0.3) is 0 Å². The van der Waals surface area contributed by atoms with Crippen LogP contribution in [0, 0.1) is 5.92 Å². The van der Waals surface area contributed by atoms with Gasteiger partial charge in [-0.3, -0.25) is 4.79 Å². The zero-order chi connectivity index (χ0) is 16.3. The molecule has 3 heterocycles. The van der Waals surface area contributed by atoms with Gasteiger partial charge in [-0.1, -0.05) is 13.8 Å². The lowest BCUT2D eigenvalue weighted by Gasteiger charge is -2.38. The Bertz CT molecular complexity index is 537. The van der Waals surface area contributed by atoms with Crippen LogP contribution in [0.5, 0.6) is 0 Å². The van der Waals surface area contributed by atoms with E-state index in [2.05, 4.69) is 20.2 Å². The second-order valence-corrected chi connectivity index (χ2v) is 6.94. The lowest BCUT2D eigenvalue weighted by molar-refractivity contribution is -0.130. The van der Waals surface area contributed by atoms with E-state index in [1.165, 1.54) is 0 Å². The Balaban J connectivity index is 1.57. The van der Waals surface area contributed by atoms with Gasteiger partial charge < -0.3 is 15.0 Å². The minimum absolute atomic E-state index is 0.0183. The number of hydrogen-bond acceptors (Lipinski definition) is 5. The van der Waals surface area contributed by atoms with E-state index in [-0.39, 0.29) is 23.5 Å². The first-order valence-electron chi connectivity index (χ1n) is 8.55. The van der Waals surface area contributed by atoms with Crippen molar-refractivity contribution in [3.8, 4) is 0 Å². The third-order valence-corrected chi connectivity index (χ3v) is 4.75. The van der Waals surface area contributed by atoms with Crippen molar-refractivity contribution in [2.75, 3.05) is 24.5 Å². The fraction of sp³-hybridized carbons (Fsp3) is 0.706. The Labute approximate surface area is 137 Å². The van der Waals surface area contributed by atoms with Gasteiger partial charge in [-0.25, -0.2) is 9.97 Å². The summed E-state index contributed by atoms with van der Waals surface area (Å²) in [4.78, 5) is 22.6. The zero-order valence-corrected chi connectivity index (χ0v) is 14.0. The highest BCUT2D eigenvalue weighted by Gasteiger charge is 2.43. The van der Waals surface area contributed by atoms with Crippen molar-refractivity contribution >= 4 is 11.9 Å². The van der Waals surface area contributed by atoms with Crippen LogP contribution in [0.1, 0.15) is 39.5 Å². The van der Waals surface area contributed by atoms with Crippen molar-refractivity contribution in [1.29, 1.82) is 0 Å². The molecule has 1 aromatic heterocycles. The summed E-state index contributed by atoms with van der Waals surface area (Å²) in [5.41, 5.74) is -0.106. The zero-order valence-electron chi connectivity index (χ0n) is 14.0. The van der Waals surface area contributed by atoms with Gasteiger partial charge >= 0.3 is 0 Å². The van der Waals surface area contributed by atoms with Gasteiger partial charge in [0.05, 0.1) is 11.7 Å². The number of amides is 1. The van der Waals surface area contributed by atoms with Gasteiger partial charge in [-0.05, 0) is 31.7 Å². The molecule has 0 saturated carbocycles. The molecule has 2 atom stereocenters. The Hall–Kier alpha value is -1.69. The first kappa shape index (κ1) is 16.2. The van der Waals surface area contributed by atoms with Crippen LogP contribution in [-0.4, -0.2) is 47.2 Å². The number of aromatic nitrogens is 2. The van der Waals surface area contributed by atoms with E-state index < -0.39 is 0 Å². The van der Waals surface area contributed by atoms with E-state index in [0.717, 1.165) is 44.7 Å². The maximum absolute atomic E-state index is 11.7. The summed E-state index contributed by atoms with van der Waals surface area (Å²) >= 11 is 0. The van der Waals surface area contributed by atoms with Crippen molar-refractivity contribution < 1.29 is 9.53 Å². The Kier molecular flexibility index (Phi) is 4.80. The van der Waals surface area contributed by atoms with Gasteiger partial charge in [0.2, 0.25) is 11.9 Å². The molecule has 0 unspecified atom stereocenters. The fourth-order valence-electron chi connectivity index (χ4n) is 3.46. The first-order chi connectivity index (χ1) is 11.1. The molecule has 1 spiro atoms. The number of nitrogens with one attached hydrogen (secondary N) is 1. The normalized spacial score (nSPS) is 27.6. The van der Waals surface area contributed by atoms with Gasteiger partial charge in [0.15, 0.2) is 0 Å². The van der Waals surface area contributed by atoms with E-state index in [0.29, 0.717) is 6.54 Å². The lowest BCUT2D eigenvalue weighted by atomic mass is 9.90. The van der Waals surface area contributed by atoms with Crippen LogP contribution < -0.4 is 10.2 Å². The molecule has 0 aromatic carbocycles. The molecule has 126 valence electrons. The Morgan fingerprint density at radius 1 is 1.43 bits per heavy atom. The van der Waals surface area contributed by atoms with Gasteiger partial charge in [0.1, 0.15) is 0 Å². The molecule has 2 aliphatic rings. The Morgan fingerprint density at radius 2 is 2.22 bits per heavy atom. The minimum atomic E-state index is -0.106. The van der Waals surface area contributed by atoms with Crippen molar-refractivity contribution in [3.05, 3.63) is 18.5 Å². The van der Waals surface area contributed by atoms with Crippen molar-refractivity contribution in [2.24, 2.45) is 5.92 Å². The van der Waals surface area contributed by atoms with Crippen LogP contribution in [0.2, 0.25) is 0 Å². The predicted molar refractivity (Wildman–Crippen MR) is 88.2 cm³/mol. The SMILES string of the molecule is CC(C)C(=O)NC[C@@H]1CCC[C@@]2(CCN(c3ncccn3)C2)O1. The van der Waals surface area contributed by atoms with E-state index in [1.54, 1.807) is 12.4 Å². The van der Waals surface area contributed by atoms with Crippen molar-refractivity contribution in [1.82, 2.24) is 15.3 Å². The summed E-state index contributed by atoms with van der Waals surface area (Å²) in [5, 5.41) is 3.00. The highest BCUT2D eigenvalue weighted by Crippen LogP contribution is 2.37. The van der Waals surface area contributed by atoms with Crippen LogP contribution in [-0.2, 0) is 9.53 Å². The molecule has 3 rings (SSSR count). The molecular formula is C17H26N4O2. The third-order valence-electron chi connectivity index (χ3n) is 4.75. The summed E-state index contributed by atoms with van der Waals surface area (Å²) in [6.45, 7) is 6.20. The number of anilines is 1. The second-order valence-electron chi connectivity index (χ2n) is 6.94. The number of ether oxygens (including phenoxy) is 1. The molecule has 2 fully saturated rings. The summed E-state index contributed by atoms with van der Waals surface area (Å²) in [5.74, 6) is 0.895. The van der Waals surface area contributed by atoms with E-state index in [1.807, 2.05) is 19.9 Å². The second kappa shape index (κ2) is 6.83. The standard InChI is InChI=1S/C17H26N4O2/c1-13(2)15(22)20-11-14-5-3-6-17(23-14)7-10-21(12-17)16-18-8-4-9-19-16/h4,8-9,13-14H,3,5-7,10-12H2,1-2H3,(H,20,22)/t14-,17-/m0/s1. The molecule has 2 aliphatic heterocycles. The summed E-state index contributed by atoms with van der Waals surface area (Å²) < 4.78 is 6.40. The Morgan fingerprint density at radius 3 is 2.96 bits per heavy atom. The third kappa shape index (κ3) is 3.80. The average molecular weight is 318 g/mol. The predicted octanol–water partition coefficient (Wildman–Crippen LogP) is 1.77. The lowest BCUT2D eigenvalue weighted by Crippen LogP contribution is -2.47. The van der Waals surface area contributed by atoms with E-state index in [9.17, 15) is 4.79 Å². The molecule has 1 N–H and O–H groups in total. The summed E-state index contributed by atoms with van der Waals surface area (Å²) in [7, 11) is 0. The highest BCUT2D eigenvalue weighted by molar-refractivity contribution is 5.77. The maximum atomic E-state index is 11.7. The molecule has 0 bridgehead atoms. The molecule has 1 aromatic rings. The molecule has 23 heavy (non-hydrogen) atoms. The highest BCUT2D eigenvalue weighted by atomic mass is 16.5. The molecule has 1 amide bonds. The van der Waals surface area contributed by atoms with E-state index >= 15 is 0 Å². The molecule has 6 nitrogen and oxygen atoms in total. The van der Waals surface area contributed by atoms with E-state index in [4.69, 9.17) is 4.74 Å². The van der Waals surface area contributed by atoms with Crippen molar-refractivity contribution in [3.63, 3.8) is 0 Å². The average Bonchev–Trinajstić information content (AvgIpc) is 2.97. The smallest absolute Gasteiger partial charge is 0.225 e. The van der Waals surface area contributed by atoms with Crippen LogP contribution in [0.4, 0.5) is 5.95 Å². The summed E-state index contributed by atoms with van der Waals surface area (Å²) in [6, 6.07) is 1.83. The molecule has 6 heteroatoms. The maximum Gasteiger partial charge on any atom is 0.225 e.